The van der Waals surface area contributed by atoms with E-state index < -0.39 is 0 Å². The zero-order valence-corrected chi connectivity index (χ0v) is 15.2. The first kappa shape index (κ1) is 17.0. The summed E-state index contributed by atoms with van der Waals surface area (Å²) in [5.41, 5.74) is 2.20. The Kier molecular flexibility index (Phi) is 4.64. The maximum atomic E-state index is 13.1. The van der Waals surface area contributed by atoms with Gasteiger partial charge in [0, 0.05) is 38.6 Å². The number of carbonyl (C=O) groups is 1. The Morgan fingerprint density at radius 3 is 2.69 bits per heavy atom. The van der Waals surface area contributed by atoms with Gasteiger partial charge in [-0.2, -0.15) is 0 Å². The van der Waals surface area contributed by atoms with E-state index in [9.17, 15) is 4.79 Å². The average Bonchev–Trinajstić information content (AvgIpc) is 3.22. The highest BCUT2D eigenvalue weighted by atomic mass is 16.5. The van der Waals surface area contributed by atoms with Gasteiger partial charge in [0.2, 0.25) is 5.91 Å². The molecule has 2 fully saturated rings. The molecule has 0 radical (unpaired) electrons. The quantitative estimate of drug-likeness (QED) is 0.831. The van der Waals surface area contributed by atoms with Crippen LogP contribution in [0.1, 0.15) is 24.0 Å². The largest absolute Gasteiger partial charge is 0.497 e. The SMILES string of the molecule is COc1cccc(CN2CCC3(CCN(Cc4ccncc4)C3)C2=O)c1. The molecule has 2 aliphatic heterocycles. The van der Waals surface area contributed by atoms with Gasteiger partial charge in [0.15, 0.2) is 0 Å². The van der Waals surface area contributed by atoms with Crippen LogP contribution in [0.5, 0.6) is 5.75 Å². The van der Waals surface area contributed by atoms with Crippen molar-refractivity contribution in [2.24, 2.45) is 5.41 Å². The van der Waals surface area contributed by atoms with Crippen LogP contribution in [0.3, 0.4) is 0 Å². The molecule has 0 N–H and O–H groups in total. The van der Waals surface area contributed by atoms with Crippen molar-refractivity contribution in [2.75, 3.05) is 26.7 Å². The van der Waals surface area contributed by atoms with Crippen LogP contribution >= 0.6 is 0 Å². The van der Waals surface area contributed by atoms with E-state index in [2.05, 4.69) is 28.1 Å². The Morgan fingerprint density at radius 2 is 1.88 bits per heavy atom. The first-order chi connectivity index (χ1) is 12.7. The Labute approximate surface area is 154 Å². The smallest absolute Gasteiger partial charge is 0.230 e. The molecule has 2 aromatic rings. The first-order valence-corrected chi connectivity index (χ1v) is 9.22. The molecule has 0 saturated carbocycles. The number of rotatable bonds is 5. The number of amides is 1. The van der Waals surface area contributed by atoms with Crippen LogP contribution in [0.2, 0.25) is 0 Å². The van der Waals surface area contributed by atoms with Crippen LogP contribution in [-0.4, -0.2) is 47.4 Å². The van der Waals surface area contributed by atoms with Crippen molar-refractivity contribution in [3.05, 3.63) is 59.9 Å². The number of nitrogens with zero attached hydrogens (tertiary/aromatic N) is 3. The molecule has 1 unspecified atom stereocenters. The Hall–Kier alpha value is -2.40. The van der Waals surface area contributed by atoms with E-state index in [-0.39, 0.29) is 5.41 Å². The molecular formula is C21H25N3O2. The van der Waals surface area contributed by atoms with E-state index in [1.54, 1.807) is 7.11 Å². The van der Waals surface area contributed by atoms with Gasteiger partial charge < -0.3 is 9.64 Å². The number of likely N-dealkylation sites (tertiary alicyclic amines) is 2. The molecule has 1 aromatic heterocycles. The van der Waals surface area contributed by atoms with E-state index in [1.807, 2.05) is 35.5 Å². The lowest BCUT2D eigenvalue weighted by atomic mass is 9.85. The second kappa shape index (κ2) is 7.08. The zero-order chi connectivity index (χ0) is 18.0. The van der Waals surface area contributed by atoms with E-state index >= 15 is 0 Å². The molecule has 136 valence electrons. The molecule has 2 saturated heterocycles. The summed E-state index contributed by atoms with van der Waals surface area (Å²) >= 11 is 0. The van der Waals surface area contributed by atoms with Crippen LogP contribution in [0, 0.1) is 5.41 Å². The van der Waals surface area contributed by atoms with E-state index in [1.165, 1.54) is 5.56 Å². The monoisotopic (exact) mass is 351 g/mol. The zero-order valence-electron chi connectivity index (χ0n) is 15.2. The predicted octanol–water partition coefficient (Wildman–Crippen LogP) is 2.71. The summed E-state index contributed by atoms with van der Waals surface area (Å²) < 4.78 is 5.30. The summed E-state index contributed by atoms with van der Waals surface area (Å²) in [4.78, 5) is 21.6. The maximum Gasteiger partial charge on any atom is 0.230 e. The Balaban J connectivity index is 1.40. The molecule has 1 aromatic carbocycles. The van der Waals surface area contributed by atoms with E-state index in [0.29, 0.717) is 12.5 Å². The molecule has 5 heteroatoms. The molecule has 0 bridgehead atoms. The number of pyridine rings is 1. The van der Waals surface area contributed by atoms with E-state index in [4.69, 9.17) is 4.74 Å². The van der Waals surface area contributed by atoms with Crippen LogP contribution in [-0.2, 0) is 17.9 Å². The summed E-state index contributed by atoms with van der Waals surface area (Å²) in [7, 11) is 1.67. The highest BCUT2D eigenvalue weighted by Crippen LogP contribution is 2.41. The standard InChI is InChI=1S/C21H25N3O2/c1-26-19-4-2-3-18(13-19)15-24-12-8-21(20(24)25)7-11-23(16-21)14-17-5-9-22-10-6-17/h2-6,9-10,13H,7-8,11-12,14-16H2,1H3. The molecule has 4 rings (SSSR count). The third kappa shape index (κ3) is 3.31. The van der Waals surface area contributed by atoms with Gasteiger partial charge in [0.05, 0.1) is 12.5 Å². The van der Waals surface area contributed by atoms with Gasteiger partial charge in [-0.25, -0.2) is 0 Å². The minimum Gasteiger partial charge on any atom is -0.497 e. The number of ether oxygens (including phenoxy) is 1. The van der Waals surface area contributed by atoms with Gasteiger partial charge >= 0.3 is 0 Å². The Bertz CT molecular complexity index is 780. The van der Waals surface area contributed by atoms with Crippen LogP contribution in [0.15, 0.2) is 48.8 Å². The van der Waals surface area contributed by atoms with Crippen LogP contribution in [0.25, 0.3) is 0 Å². The van der Waals surface area contributed by atoms with Crippen molar-refractivity contribution in [3.63, 3.8) is 0 Å². The van der Waals surface area contributed by atoms with Crippen molar-refractivity contribution >= 4 is 5.91 Å². The number of hydrogen-bond acceptors (Lipinski definition) is 4. The molecule has 1 spiro atoms. The minimum absolute atomic E-state index is 0.189. The van der Waals surface area contributed by atoms with Gasteiger partial charge in [-0.15, -0.1) is 0 Å². The highest BCUT2D eigenvalue weighted by molar-refractivity contribution is 5.85. The van der Waals surface area contributed by atoms with Crippen molar-refractivity contribution in [2.45, 2.75) is 25.9 Å². The molecule has 5 nitrogen and oxygen atoms in total. The summed E-state index contributed by atoms with van der Waals surface area (Å²) in [6, 6.07) is 12.1. The van der Waals surface area contributed by atoms with Gasteiger partial charge in [-0.05, 0) is 54.8 Å². The lowest BCUT2D eigenvalue weighted by Gasteiger charge is -2.24. The Morgan fingerprint density at radius 1 is 1.08 bits per heavy atom. The third-order valence-corrected chi connectivity index (χ3v) is 5.70. The topological polar surface area (TPSA) is 45.7 Å². The number of methoxy groups -OCH3 is 1. The molecule has 1 atom stereocenters. The number of aromatic nitrogens is 1. The number of hydrogen-bond donors (Lipinski definition) is 0. The van der Waals surface area contributed by atoms with Gasteiger partial charge in [-0.1, -0.05) is 12.1 Å². The van der Waals surface area contributed by atoms with Gasteiger partial charge in [0.1, 0.15) is 5.75 Å². The number of carbonyl (C=O) groups excluding carboxylic acids is 1. The fourth-order valence-electron chi connectivity index (χ4n) is 4.25. The highest BCUT2D eigenvalue weighted by Gasteiger charge is 2.50. The van der Waals surface area contributed by atoms with Gasteiger partial charge in [-0.3, -0.25) is 14.7 Å². The molecule has 26 heavy (non-hydrogen) atoms. The summed E-state index contributed by atoms with van der Waals surface area (Å²) in [5.74, 6) is 1.16. The number of benzene rings is 1. The molecule has 3 heterocycles. The molecular weight excluding hydrogens is 326 g/mol. The summed E-state index contributed by atoms with van der Waals surface area (Å²) in [6.45, 7) is 4.26. The second-order valence-electron chi connectivity index (χ2n) is 7.42. The summed E-state index contributed by atoms with van der Waals surface area (Å²) in [6.07, 6.45) is 5.59. The molecule has 0 aliphatic carbocycles. The third-order valence-electron chi connectivity index (χ3n) is 5.70. The fraction of sp³-hybridized carbons (Fsp3) is 0.429. The summed E-state index contributed by atoms with van der Waals surface area (Å²) in [5, 5.41) is 0. The van der Waals surface area contributed by atoms with Crippen molar-refractivity contribution in [3.8, 4) is 5.75 Å². The first-order valence-electron chi connectivity index (χ1n) is 9.22. The lowest BCUT2D eigenvalue weighted by Crippen LogP contribution is -2.36. The van der Waals surface area contributed by atoms with Gasteiger partial charge in [0.25, 0.3) is 0 Å². The van der Waals surface area contributed by atoms with E-state index in [0.717, 1.165) is 50.3 Å². The normalized spacial score (nSPS) is 23.1. The average molecular weight is 351 g/mol. The lowest BCUT2D eigenvalue weighted by molar-refractivity contribution is -0.136. The molecule has 2 aliphatic rings. The van der Waals surface area contributed by atoms with Crippen LogP contribution in [0.4, 0.5) is 0 Å². The maximum absolute atomic E-state index is 13.1. The van der Waals surface area contributed by atoms with Crippen molar-refractivity contribution in [1.82, 2.24) is 14.8 Å². The van der Waals surface area contributed by atoms with Crippen molar-refractivity contribution < 1.29 is 9.53 Å². The fourth-order valence-corrected chi connectivity index (χ4v) is 4.25. The molecule has 1 amide bonds. The minimum atomic E-state index is -0.189. The second-order valence-corrected chi connectivity index (χ2v) is 7.42. The van der Waals surface area contributed by atoms with Crippen LogP contribution < -0.4 is 4.74 Å². The predicted molar refractivity (Wildman–Crippen MR) is 99.6 cm³/mol. The van der Waals surface area contributed by atoms with Crippen molar-refractivity contribution in [1.29, 1.82) is 0 Å².